The molecule has 0 radical (unpaired) electrons. The molecule has 1 rings (SSSR count). The van der Waals surface area contributed by atoms with Gasteiger partial charge in [0.15, 0.2) is 0 Å². The molecule has 0 aromatic carbocycles. The molecule has 1 aromatic heterocycles. The Morgan fingerprint density at radius 2 is 2.20 bits per heavy atom. The minimum Gasteiger partial charge on any atom is -0.478 e. The molecule has 0 aliphatic carbocycles. The van der Waals surface area contributed by atoms with E-state index in [0.29, 0.717) is 24.6 Å². The highest BCUT2D eigenvalue weighted by atomic mass is 32.1. The van der Waals surface area contributed by atoms with Crippen LogP contribution in [0.3, 0.4) is 0 Å². The zero-order valence-electron chi connectivity index (χ0n) is 11.9. The van der Waals surface area contributed by atoms with Crippen LogP contribution in [-0.4, -0.2) is 48.7 Å². The summed E-state index contributed by atoms with van der Waals surface area (Å²) in [6, 6.07) is 1.78. The number of hydrogen-bond donors (Lipinski definition) is 1. The Hall–Kier alpha value is -1.66. The maximum absolute atomic E-state index is 12.2. The molecule has 0 bridgehead atoms. The molecule has 1 heterocycles. The van der Waals surface area contributed by atoms with Crippen LogP contribution in [0.5, 0.6) is 0 Å². The van der Waals surface area contributed by atoms with Crippen LogP contribution in [-0.2, 0) is 9.53 Å². The molecule has 0 atom stereocenters. The van der Waals surface area contributed by atoms with Crippen molar-refractivity contribution >= 4 is 29.3 Å². The minimum atomic E-state index is -1.00. The molecule has 1 N–H and O–H groups in total. The number of carbonyl (C=O) groups excluding carboxylic acids is 1. The van der Waals surface area contributed by atoms with Crippen molar-refractivity contribution < 1.29 is 19.4 Å². The number of aryl methyl sites for hydroxylation is 1. The van der Waals surface area contributed by atoms with Crippen LogP contribution in [0.2, 0.25) is 0 Å². The Balaban J connectivity index is 2.74. The second kappa shape index (κ2) is 7.81. The molecule has 0 spiro atoms. The van der Waals surface area contributed by atoms with Gasteiger partial charge in [-0.25, -0.2) is 4.79 Å². The van der Waals surface area contributed by atoms with Crippen LogP contribution in [0.1, 0.15) is 27.0 Å². The second-order valence-corrected chi connectivity index (χ2v) is 5.34. The molecule has 110 valence electrons. The van der Waals surface area contributed by atoms with Crippen LogP contribution < -0.4 is 0 Å². The van der Waals surface area contributed by atoms with E-state index in [2.05, 4.69) is 0 Å². The number of likely N-dealkylation sites (N-methyl/N-ethyl adjacent to an activating group) is 1. The second-order valence-electron chi connectivity index (χ2n) is 4.25. The summed E-state index contributed by atoms with van der Waals surface area (Å²) < 4.78 is 5.22. The summed E-state index contributed by atoms with van der Waals surface area (Å²) in [6.07, 6.45) is 2.59. The van der Waals surface area contributed by atoms with Gasteiger partial charge >= 0.3 is 5.97 Å². The summed E-state index contributed by atoms with van der Waals surface area (Å²) in [5.41, 5.74) is 0.897. The number of carboxylic acids is 1. The highest BCUT2D eigenvalue weighted by Gasteiger charge is 2.15. The number of carboxylic acid groups (broad SMARTS) is 1. The number of thiophene rings is 1. The third kappa shape index (κ3) is 4.79. The lowest BCUT2D eigenvalue weighted by Gasteiger charge is -2.15. The first-order valence-corrected chi connectivity index (χ1v) is 7.12. The van der Waals surface area contributed by atoms with Crippen molar-refractivity contribution in [1.29, 1.82) is 0 Å². The zero-order valence-corrected chi connectivity index (χ0v) is 12.7. The molecule has 0 saturated heterocycles. The first kappa shape index (κ1) is 16.4. The number of amides is 1. The van der Waals surface area contributed by atoms with Gasteiger partial charge in [0.05, 0.1) is 11.5 Å². The average Bonchev–Trinajstić information content (AvgIpc) is 2.77. The fourth-order valence-electron chi connectivity index (χ4n) is 1.55. The third-order valence-corrected chi connectivity index (χ3v) is 3.86. The van der Waals surface area contributed by atoms with E-state index in [1.165, 1.54) is 17.4 Å². The van der Waals surface area contributed by atoms with Crippen LogP contribution in [0, 0.1) is 6.92 Å². The number of carbonyl (C=O) groups is 2. The number of hydrogen-bond acceptors (Lipinski definition) is 4. The highest BCUT2D eigenvalue weighted by molar-refractivity contribution is 7.15. The maximum Gasteiger partial charge on any atom is 0.328 e. The Morgan fingerprint density at radius 3 is 2.80 bits per heavy atom. The summed E-state index contributed by atoms with van der Waals surface area (Å²) in [4.78, 5) is 25.7. The quantitative estimate of drug-likeness (QED) is 0.619. The van der Waals surface area contributed by atoms with E-state index >= 15 is 0 Å². The molecular formula is C14H19NO4S. The van der Waals surface area contributed by atoms with E-state index in [4.69, 9.17) is 9.84 Å². The number of rotatable bonds is 7. The molecule has 6 heteroatoms. The topological polar surface area (TPSA) is 66.8 Å². The lowest BCUT2D eigenvalue weighted by atomic mass is 10.2. The number of aliphatic carboxylic acids is 1. The van der Waals surface area contributed by atoms with Gasteiger partial charge < -0.3 is 14.7 Å². The van der Waals surface area contributed by atoms with Gasteiger partial charge in [0.1, 0.15) is 0 Å². The molecule has 20 heavy (non-hydrogen) atoms. The van der Waals surface area contributed by atoms with Gasteiger partial charge in [-0.2, -0.15) is 0 Å². The molecule has 0 aliphatic rings. The van der Waals surface area contributed by atoms with Crippen molar-refractivity contribution in [3.63, 3.8) is 0 Å². The summed E-state index contributed by atoms with van der Waals surface area (Å²) >= 11 is 1.29. The van der Waals surface area contributed by atoms with E-state index in [9.17, 15) is 9.59 Å². The van der Waals surface area contributed by atoms with E-state index in [1.807, 2.05) is 13.8 Å². The summed E-state index contributed by atoms with van der Waals surface area (Å²) in [5.74, 6) is -1.08. The van der Waals surface area contributed by atoms with Crippen LogP contribution in [0.15, 0.2) is 12.1 Å². The van der Waals surface area contributed by atoms with Crippen molar-refractivity contribution in [3.8, 4) is 0 Å². The molecule has 0 aliphatic heterocycles. The van der Waals surface area contributed by atoms with Gasteiger partial charge in [0, 0.05) is 31.2 Å². The Kier molecular flexibility index (Phi) is 6.41. The third-order valence-electron chi connectivity index (χ3n) is 2.67. The largest absolute Gasteiger partial charge is 0.478 e. The highest BCUT2D eigenvalue weighted by Crippen LogP contribution is 2.24. The molecule has 0 saturated carbocycles. The molecule has 0 fully saturated rings. The summed E-state index contributed by atoms with van der Waals surface area (Å²) in [7, 11) is 1.73. The van der Waals surface area contributed by atoms with Crippen molar-refractivity contribution in [2.75, 3.05) is 26.8 Å². The van der Waals surface area contributed by atoms with E-state index in [1.54, 1.807) is 18.0 Å². The van der Waals surface area contributed by atoms with Gasteiger partial charge in [0.2, 0.25) is 0 Å². The van der Waals surface area contributed by atoms with Crippen molar-refractivity contribution in [3.05, 3.63) is 27.5 Å². The maximum atomic E-state index is 12.2. The molecular weight excluding hydrogens is 278 g/mol. The number of ether oxygens (including phenoxy) is 1. The van der Waals surface area contributed by atoms with Crippen LogP contribution in [0.4, 0.5) is 0 Å². The lowest BCUT2D eigenvalue weighted by molar-refractivity contribution is -0.131. The standard InChI is InChI=1S/C14H19NO4S/c1-4-19-8-7-15(3)14(18)12-9-10(2)11(20-12)5-6-13(16)17/h5-6,9H,4,7-8H2,1-3H3,(H,16,17)/b6-5+. The molecule has 5 nitrogen and oxygen atoms in total. The monoisotopic (exact) mass is 297 g/mol. The molecule has 1 aromatic rings. The van der Waals surface area contributed by atoms with Crippen LogP contribution >= 0.6 is 11.3 Å². The van der Waals surface area contributed by atoms with Gasteiger partial charge in [-0.05, 0) is 31.6 Å². The SMILES string of the molecule is CCOCCN(C)C(=O)c1cc(C)c(/C=C/C(=O)O)s1. The Morgan fingerprint density at radius 1 is 1.50 bits per heavy atom. The predicted octanol–water partition coefficient (Wildman–Crippen LogP) is 2.26. The van der Waals surface area contributed by atoms with Gasteiger partial charge in [-0.15, -0.1) is 11.3 Å². The van der Waals surface area contributed by atoms with E-state index in [-0.39, 0.29) is 5.91 Å². The fraction of sp³-hybridized carbons (Fsp3) is 0.429. The lowest BCUT2D eigenvalue weighted by Crippen LogP contribution is -2.29. The normalized spacial score (nSPS) is 10.9. The van der Waals surface area contributed by atoms with Gasteiger partial charge in [-0.1, -0.05) is 0 Å². The minimum absolute atomic E-state index is 0.0761. The first-order chi connectivity index (χ1) is 9.45. The summed E-state index contributed by atoms with van der Waals surface area (Å²) in [6.45, 7) is 5.43. The Labute approximate surface area is 122 Å². The van der Waals surface area contributed by atoms with Crippen LogP contribution in [0.25, 0.3) is 6.08 Å². The van der Waals surface area contributed by atoms with Gasteiger partial charge in [0.25, 0.3) is 5.91 Å². The predicted molar refractivity (Wildman–Crippen MR) is 79.2 cm³/mol. The molecule has 0 unspecified atom stereocenters. The number of nitrogens with zero attached hydrogens (tertiary/aromatic N) is 1. The zero-order chi connectivity index (χ0) is 15.1. The summed E-state index contributed by atoms with van der Waals surface area (Å²) in [5, 5.41) is 8.62. The van der Waals surface area contributed by atoms with Gasteiger partial charge in [-0.3, -0.25) is 4.79 Å². The van der Waals surface area contributed by atoms with Crippen molar-refractivity contribution in [2.45, 2.75) is 13.8 Å². The van der Waals surface area contributed by atoms with Crippen molar-refractivity contribution in [2.24, 2.45) is 0 Å². The smallest absolute Gasteiger partial charge is 0.328 e. The van der Waals surface area contributed by atoms with E-state index < -0.39 is 5.97 Å². The van der Waals surface area contributed by atoms with Crippen molar-refractivity contribution in [1.82, 2.24) is 4.90 Å². The first-order valence-electron chi connectivity index (χ1n) is 6.30. The fourth-order valence-corrected chi connectivity index (χ4v) is 2.62. The molecule has 1 amide bonds. The van der Waals surface area contributed by atoms with E-state index in [0.717, 1.165) is 16.5 Å². The Bertz CT molecular complexity index is 507. The average molecular weight is 297 g/mol.